The summed E-state index contributed by atoms with van der Waals surface area (Å²) >= 11 is 1.73. The number of nitrogens with zero attached hydrogens (tertiary/aromatic N) is 1. The molecular weight excluding hydrogens is 619 g/mol. The fraction of sp³-hybridized carbons (Fsp3) is 0.552. The van der Waals surface area contributed by atoms with Crippen LogP contribution in [0, 0.1) is 29.7 Å². The Morgan fingerprint density at radius 2 is 1.50 bits per heavy atom. The molecule has 5 rings (SSSR count). The Labute approximate surface area is 222 Å². The molecule has 1 radical (unpaired) electrons. The minimum Gasteiger partial charge on any atom is -0.392 e. The van der Waals surface area contributed by atoms with Gasteiger partial charge in [-0.05, 0) is 71.9 Å². The second-order valence-corrected chi connectivity index (χ2v) is 10.9. The number of aromatic nitrogens is 1. The second-order valence-electron chi connectivity index (χ2n) is 9.84. The molecule has 1 aromatic carbocycles. The van der Waals surface area contributed by atoms with Crippen LogP contribution in [0.15, 0.2) is 48.7 Å². The third kappa shape index (κ3) is 6.36. The van der Waals surface area contributed by atoms with E-state index in [1.807, 2.05) is 30.5 Å². The van der Waals surface area contributed by atoms with Crippen molar-refractivity contribution in [2.24, 2.45) is 23.7 Å². The van der Waals surface area contributed by atoms with Crippen molar-refractivity contribution >= 4 is 21.4 Å². The van der Waals surface area contributed by atoms with E-state index in [-0.39, 0.29) is 38.2 Å². The van der Waals surface area contributed by atoms with Gasteiger partial charge in [-0.3, -0.25) is 0 Å². The molecule has 0 aliphatic heterocycles. The Hall–Kier alpha value is -1.10. The van der Waals surface area contributed by atoms with Gasteiger partial charge in [0.25, 0.3) is 0 Å². The van der Waals surface area contributed by atoms with Crippen molar-refractivity contribution in [2.75, 3.05) is 0 Å². The molecule has 2 aromatic heterocycles. The molecule has 2 aliphatic rings. The molecule has 2 heterocycles. The number of aliphatic hydroxyl groups is 2. The van der Waals surface area contributed by atoms with Crippen LogP contribution in [0.3, 0.4) is 0 Å². The Bertz CT molecular complexity index is 937. The van der Waals surface area contributed by atoms with Crippen molar-refractivity contribution in [3.05, 3.63) is 54.7 Å². The van der Waals surface area contributed by atoms with Gasteiger partial charge in [-0.25, -0.2) is 11.3 Å². The SMILES string of the molecule is CCC[C@H]1CCC2CC[C@H](CCC)C(O)C2C1O.[Ir].[c-]1c(-c2ccccn2)sc2ccccc12. The first-order valence-electron chi connectivity index (χ1n) is 12.8. The van der Waals surface area contributed by atoms with Crippen molar-refractivity contribution < 1.29 is 30.3 Å². The molecule has 3 nitrogen and oxygen atoms in total. The van der Waals surface area contributed by atoms with Crippen molar-refractivity contribution in [3.63, 3.8) is 0 Å². The molecule has 0 amide bonds. The molecule has 34 heavy (non-hydrogen) atoms. The molecule has 5 heteroatoms. The van der Waals surface area contributed by atoms with Gasteiger partial charge >= 0.3 is 0 Å². The summed E-state index contributed by atoms with van der Waals surface area (Å²) in [5, 5.41) is 22.4. The molecule has 0 bridgehead atoms. The van der Waals surface area contributed by atoms with Crippen molar-refractivity contribution in [1.29, 1.82) is 0 Å². The van der Waals surface area contributed by atoms with Crippen molar-refractivity contribution in [2.45, 2.75) is 77.4 Å². The van der Waals surface area contributed by atoms with E-state index in [4.69, 9.17) is 0 Å². The summed E-state index contributed by atoms with van der Waals surface area (Å²) in [6.45, 7) is 4.38. The average molecular weight is 657 g/mol. The number of thiophene rings is 1. The van der Waals surface area contributed by atoms with Gasteiger partial charge in [0.2, 0.25) is 0 Å². The first kappa shape index (κ1) is 27.5. The number of hydrogen-bond donors (Lipinski definition) is 2. The van der Waals surface area contributed by atoms with Crippen LogP contribution in [0.1, 0.15) is 65.2 Å². The van der Waals surface area contributed by atoms with Crippen LogP contribution < -0.4 is 0 Å². The molecule has 0 saturated heterocycles. The Balaban J connectivity index is 0.000000187. The molecule has 2 unspecified atom stereocenters. The Morgan fingerprint density at radius 1 is 0.882 bits per heavy atom. The van der Waals surface area contributed by atoms with Gasteiger partial charge in [-0.1, -0.05) is 51.0 Å². The third-order valence-corrected chi connectivity index (χ3v) is 8.77. The zero-order valence-electron chi connectivity index (χ0n) is 20.3. The van der Waals surface area contributed by atoms with E-state index in [0.717, 1.165) is 36.3 Å². The van der Waals surface area contributed by atoms with E-state index in [1.165, 1.54) is 35.8 Å². The maximum atomic E-state index is 10.6. The third-order valence-electron chi connectivity index (χ3n) is 7.68. The molecule has 0 spiro atoms. The fourth-order valence-corrected chi connectivity index (χ4v) is 7.00. The first-order valence-corrected chi connectivity index (χ1v) is 13.6. The van der Waals surface area contributed by atoms with Crippen molar-refractivity contribution in [3.8, 4) is 10.6 Å². The molecule has 3 aromatic rings. The summed E-state index contributed by atoms with van der Waals surface area (Å²) in [7, 11) is 0. The quantitative estimate of drug-likeness (QED) is 0.288. The molecule has 2 saturated carbocycles. The molecule has 2 aliphatic carbocycles. The Morgan fingerprint density at radius 3 is 2.06 bits per heavy atom. The van der Waals surface area contributed by atoms with Gasteiger partial charge in [0.1, 0.15) is 0 Å². The van der Waals surface area contributed by atoms with Gasteiger partial charge in [-0.2, -0.15) is 0 Å². The van der Waals surface area contributed by atoms with E-state index in [9.17, 15) is 10.2 Å². The fourth-order valence-electron chi connectivity index (χ4n) is 6.02. The largest absolute Gasteiger partial charge is 0.392 e. The number of fused-ring (bicyclic) bond motifs is 2. The average Bonchev–Trinajstić information content (AvgIpc) is 3.28. The molecule has 2 N–H and O–H groups in total. The van der Waals surface area contributed by atoms with Gasteiger partial charge < -0.3 is 15.2 Å². The summed E-state index contributed by atoms with van der Waals surface area (Å²) in [6.07, 6.45) is 10.6. The maximum absolute atomic E-state index is 10.6. The van der Waals surface area contributed by atoms with Crippen molar-refractivity contribution in [1.82, 2.24) is 4.98 Å². The second kappa shape index (κ2) is 13.3. The van der Waals surface area contributed by atoms with Crippen LogP contribution in [-0.2, 0) is 20.1 Å². The monoisotopic (exact) mass is 657 g/mol. The number of rotatable bonds is 5. The minimum atomic E-state index is -0.252. The molecular formula is C29H38IrNO2S-. The smallest absolute Gasteiger partial charge is 0.0623 e. The normalized spacial score (nSPS) is 28.4. The predicted octanol–water partition coefficient (Wildman–Crippen LogP) is 7.12. The van der Waals surface area contributed by atoms with Crippen LogP contribution in [0.4, 0.5) is 0 Å². The van der Waals surface area contributed by atoms with Gasteiger partial charge in [-0.15, -0.1) is 23.6 Å². The maximum Gasteiger partial charge on any atom is 0.0623 e. The van der Waals surface area contributed by atoms with Gasteiger partial charge in [0.05, 0.1) is 12.2 Å². The molecule has 2 fully saturated rings. The molecule has 4 atom stereocenters. The van der Waals surface area contributed by atoms with Crippen LogP contribution in [0.25, 0.3) is 20.7 Å². The predicted molar refractivity (Wildman–Crippen MR) is 138 cm³/mol. The van der Waals surface area contributed by atoms with E-state index < -0.39 is 0 Å². The summed E-state index contributed by atoms with van der Waals surface area (Å²) in [6, 6.07) is 17.6. The summed E-state index contributed by atoms with van der Waals surface area (Å²) < 4.78 is 1.26. The van der Waals surface area contributed by atoms with Crippen LogP contribution in [0.5, 0.6) is 0 Å². The topological polar surface area (TPSA) is 53.4 Å². The van der Waals surface area contributed by atoms with E-state index in [1.54, 1.807) is 11.3 Å². The summed E-state index contributed by atoms with van der Waals surface area (Å²) in [4.78, 5) is 5.43. The molecule has 187 valence electrons. The number of benzene rings is 1. The van der Waals surface area contributed by atoms with Crippen LogP contribution in [-0.4, -0.2) is 27.4 Å². The van der Waals surface area contributed by atoms with Crippen LogP contribution >= 0.6 is 11.3 Å². The summed E-state index contributed by atoms with van der Waals surface area (Å²) in [5.41, 5.74) is 0.999. The zero-order chi connectivity index (χ0) is 23.2. The standard InChI is InChI=1S/C16H30O2.C13H8NS.Ir/c1-3-5-12-9-7-11-8-10-13(6-4-2)16(18)14(11)15(12)17;1-2-7-12-10(5-1)9-13(15-12)11-6-3-4-8-14-11;/h11-18H,3-10H2,1-2H3;1-8H;/q;-1;/t11?,12-,13-,14?,15?,16?;;/m0../s1. The van der Waals surface area contributed by atoms with Gasteiger partial charge in [0, 0.05) is 37.9 Å². The zero-order valence-corrected chi connectivity index (χ0v) is 23.5. The Kier molecular flexibility index (Phi) is 10.7. The number of pyridine rings is 1. The van der Waals surface area contributed by atoms with Crippen LogP contribution in [0.2, 0.25) is 0 Å². The van der Waals surface area contributed by atoms with E-state index in [0.29, 0.717) is 17.8 Å². The minimum absolute atomic E-state index is 0. The number of hydrogen-bond acceptors (Lipinski definition) is 4. The number of aliphatic hydroxyl groups excluding tert-OH is 2. The summed E-state index contributed by atoms with van der Waals surface area (Å²) in [5.74, 6) is 1.62. The first-order chi connectivity index (χ1) is 16.1. The van der Waals surface area contributed by atoms with E-state index in [2.05, 4.69) is 43.1 Å². The van der Waals surface area contributed by atoms with Gasteiger partial charge in [0.15, 0.2) is 0 Å². The van der Waals surface area contributed by atoms with E-state index >= 15 is 0 Å².